The van der Waals surface area contributed by atoms with Crippen LogP contribution in [0.3, 0.4) is 0 Å². The molecule has 2 nitrogen and oxygen atoms in total. The van der Waals surface area contributed by atoms with Gasteiger partial charge in [-0.3, -0.25) is 0 Å². The summed E-state index contributed by atoms with van der Waals surface area (Å²) < 4.78 is 29.7. The predicted octanol–water partition coefficient (Wildman–Crippen LogP) is 1.91. The number of hydrogen-bond donors (Lipinski definition) is 1. The molecule has 0 atom stereocenters. The molecule has 0 aliphatic carbocycles. The van der Waals surface area contributed by atoms with E-state index in [1.165, 1.54) is 0 Å². The highest BCUT2D eigenvalue weighted by Crippen LogP contribution is 2.32. The molecule has 1 aliphatic heterocycles. The van der Waals surface area contributed by atoms with Crippen molar-refractivity contribution in [2.75, 3.05) is 39.1 Å². The third-order valence-corrected chi connectivity index (χ3v) is 3.61. The van der Waals surface area contributed by atoms with E-state index in [1.54, 1.807) is 11.9 Å². The maximum absolute atomic E-state index is 12.2. The van der Waals surface area contributed by atoms with Gasteiger partial charge in [0, 0.05) is 19.8 Å². The second-order valence-corrected chi connectivity index (χ2v) is 4.67. The van der Waals surface area contributed by atoms with E-state index in [0.717, 1.165) is 31.8 Å². The largest absolute Gasteiger partial charge is 0.381 e. The van der Waals surface area contributed by atoms with Crippen LogP contribution >= 0.6 is 12.6 Å². The third-order valence-electron chi connectivity index (χ3n) is 2.94. The van der Waals surface area contributed by atoms with Gasteiger partial charge in [-0.05, 0) is 31.1 Å². The normalized spacial score (nSPS) is 21.2. The first-order valence-electron chi connectivity index (χ1n) is 5.23. The summed E-state index contributed by atoms with van der Waals surface area (Å²) in [5.41, 5.74) is 0.0605. The lowest BCUT2D eigenvalue weighted by Crippen LogP contribution is -2.42. The number of hydrogen-bond acceptors (Lipinski definition) is 3. The Morgan fingerprint density at radius 1 is 1.40 bits per heavy atom. The Bertz CT molecular complexity index is 186. The second kappa shape index (κ2) is 6.01. The molecule has 0 spiro atoms. The summed E-state index contributed by atoms with van der Waals surface area (Å²) in [4.78, 5) is 1.70. The van der Waals surface area contributed by atoms with Gasteiger partial charge in [-0.15, -0.1) is 0 Å². The number of nitrogens with zero attached hydrogens (tertiary/aromatic N) is 1. The fraction of sp³-hybridized carbons (Fsp3) is 1.00. The van der Waals surface area contributed by atoms with Gasteiger partial charge in [0.15, 0.2) is 0 Å². The Balaban J connectivity index is 2.43. The highest BCUT2D eigenvalue weighted by atomic mass is 32.1. The molecule has 0 amide bonds. The molecule has 0 bridgehead atoms. The molecule has 0 radical (unpaired) electrons. The summed E-state index contributed by atoms with van der Waals surface area (Å²) in [6.07, 6.45) is -0.416. The van der Waals surface area contributed by atoms with Crippen molar-refractivity contribution in [3.8, 4) is 0 Å². The van der Waals surface area contributed by atoms with Gasteiger partial charge in [0.05, 0.1) is 6.54 Å². The number of alkyl halides is 2. The highest BCUT2D eigenvalue weighted by molar-refractivity contribution is 7.80. The van der Waals surface area contributed by atoms with Crippen LogP contribution in [0.4, 0.5) is 8.78 Å². The molecular formula is C10H19F2NOS. The van der Waals surface area contributed by atoms with Crippen LogP contribution in [0.2, 0.25) is 0 Å². The minimum atomic E-state index is -2.26. The zero-order chi connectivity index (χ0) is 11.3. The van der Waals surface area contributed by atoms with E-state index < -0.39 is 6.43 Å². The summed E-state index contributed by atoms with van der Waals surface area (Å²) in [7, 11) is 1.74. The van der Waals surface area contributed by atoms with Gasteiger partial charge in [-0.1, -0.05) is 0 Å². The maximum atomic E-state index is 12.2. The lowest BCUT2D eigenvalue weighted by atomic mass is 9.81. The third kappa shape index (κ3) is 4.25. The molecule has 90 valence electrons. The van der Waals surface area contributed by atoms with Crippen molar-refractivity contribution in [1.29, 1.82) is 0 Å². The first-order chi connectivity index (χ1) is 7.08. The van der Waals surface area contributed by atoms with E-state index in [2.05, 4.69) is 12.6 Å². The predicted molar refractivity (Wildman–Crippen MR) is 59.8 cm³/mol. The zero-order valence-corrected chi connectivity index (χ0v) is 9.98. The van der Waals surface area contributed by atoms with E-state index in [9.17, 15) is 8.78 Å². The Morgan fingerprint density at radius 3 is 2.47 bits per heavy atom. The van der Waals surface area contributed by atoms with Crippen molar-refractivity contribution < 1.29 is 13.5 Å². The van der Waals surface area contributed by atoms with E-state index in [-0.39, 0.29) is 12.0 Å². The summed E-state index contributed by atoms with van der Waals surface area (Å²) in [5.74, 6) is 0.740. The topological polar surface area (TPSA) is 12.5 Å². The number of ether oxygens (including phenoxy) is 1. The number of halogens is 2. The molecule has 1 fully saturated rings. The molecule has 0 aromatic rings. The van der Waals surface area contributed by atoms with Gasteiger partial charge in [0.1, 0.15) is 0 Å². The average molecular weight is 239 g/mol. The molecule has 5 heteroatoms. The lowest BCUT2D eigenvalue weighted by Gasteiger charge is -2.38. The molecule has 1 aliphatic rings. The summed E-state index contributed by atoms with van der Waals surface area (Å²) in [6, 6.07) is 0. The molecule has 0 aromatic carbocycles. The van der Waals surface area contributed by atoms with E-state index >= 15 is 0 Å². The summed E-state index contributed by atoms with van der Waals surface area (Å²) in [6.45, 7) is 1.98. The molecule has 1 rings (SSSR count). The maximum Gasteiger partial charge on any atom is 0.251 e. The van der Waals surface area contributed by atoms with Crippen LogP contribution in [0.15, 0.2) is 0 Å². The first-order valence-corrected chi connectivity index (χ1v) is 5.86. The molecule has 1 saturated heterocycles. The molecule has 0 N–H and O–H groups in total. The smallest absolute Gasteiger partial charge is 0.251 e. The van der Waals surface area contributed by atoms with Crippen molar-refractivity contribution in [1.82, 2.24) is 4.90 Å². The van der Waals surface area contributed by atoms with Crippen molar-refractivity contribution in [3.63, 3.8) is 0 Å². The Kier molecular flexibility index (Phi) is 5.29. The van der Waals surface area contributed by atoms with Gasteiger partial charge in [0.25, 0.3) is 6.43 Å². The van der Waals surface area contributed by atoms with Gasteiger partial charge in [-0.25, -0.2) is 8.78 Å². The Hall–Kier alpha value is 0.130. The van der Waals surface area contributed by atoms with E-state index in [1.807, 2.05) is 0 Å². The van der Waals surface area contributed by atoms with Crippen molar-refractivity contribution in [2.24, 2.45) is 5.41 Å². The molecule has 0 saturated carbocycles. The molecule has 1 heterocycles. The molecular weight excluding hydrogens is 220 g/mol. The molecule has 15 heavy (non-hydrogen) atoms. The first kappa shape index (κ1) is 13.2. The van der Waals surface area contributed by atoms with Crippen LogP contribution < -0.4 is 0 Å². The second-order valence-electron chi connectivity index (χ2n) is 4.36. The van der Waals surface area contributed by atoms with Crippen LogP contribution in [0, 0.1) is 5.41 Å². The van der Waals surface area contributed by atoms with Crippen LogP contribution in [0.1, 0.15) is 12.8 Å². The number of rotatable bonds is 5. The van der Waals surface area contributed by atoms with Crippen LogP contribution in [0.25, 0.3) is 0 Å². The van der Waals surface area contributed by atoms with Gasteiger partial charge >= 0.3 is 0 Å². The van der Waals surface area contributed by atoms with E-state index in [0.29, 0.717) is 6.54 Å². The quantitative estimate of drug-likeness (QED) is 0.736. The SMILES string of the molecule is CN(CC(F)F)CC1(CS)CCOCC1. The standard InChI is InChI=1S/C10H19F2NOS/c1-13(6-9(11)12)7-10(8-15)2-4-14-5-3-10/h9,15H,2-8H2,1H3. The average Bonchev–Trinajstić information content (AvgIpc) is 2.17. The fourth-order valence-electron chi connectivity index (χ4n) is 2.04. The summed E-state index contributed by atoms with van der Waals surface area (Å²) in [5, 5.41) is 0. The van der Waals surface area contributed by atoms with Gasteiger partial charge in [0.2, 0.25) is 0 Å². The number of thiol groups is 1. The van der Waals surface area contributed by atoms with Crippen LogP contribution in [0.5, 0.6) is 0 Å². The lowest BCUT2D eigenvalue weighted by molar-refractivity contribution is 0.00240. The zero-order valence-electron chi connectivity index (χ0n) is 9.09. The highest BCUT2D eigenvalue weighted by Gasteiger charge is 2.32. The van der Waals surface area contributed by atoms with Crippen molar-refractivity contribution in [2.45, 2.75) is 19.3 Å². The summed E-state index contributed by atoms with van der Waals surface area (Å²) >= 11 is 4.34. The Morgan fingerprint density at radius 2 is 2.00 bits per heavy atom. The molecule has 0 aromatic heterocycles. The fourth-order valence-corrected chi connectivity index (χ4v) is 2.46. The van der Waals surface area contributed by atoms with Gasteiger partial charge < -0.3 is 9.64 Å². The Labute approximate surface area is 95.4 Å². The van der Waals surface area contributed by atoms with E-state index in [4.69, 9.17) is 4.74 Å². The minimum absolute atomic E-state index is 0.0605. The van der Waals surface area contributed by atoms with Crippen molar-refractivity contribution in [3.05, 3.63) is 0 Å². The van der Waals surface area contributed by atoms with Crippen LogP contribution in [-0.4, -0.2) is 50.4 Å². The molecule has 0 unspecified atom stereocenters. The monoisotopic (exact) mass is 239 g/mol. The van der Waals surface area contributed by atoms with Crippen LogP contribution in [-0.2, 0) is 4.74 Å². The van der Waals surface area contributed by atoms with Gasteiger partial charge in [-0.2, -0.15) is 12.6 Å². The van der Waals surface area contributed by atoms with Crippen molar-refractivity contribution >= 4 is 12.6 Å². The minimum Gasteiger partial charge on any atom is -0.381 e.